The maximum Gasteiger partial charge on any atom is 0.246 e. The molecule has 0 saturated heterocycles. The highest BCUT2D eigenvalue weighted by atomic mass is 16.5. The summed E-state index contributed by atoms with van der Waals surface area (Å²) >= 11 is 0. The van der Waals surface area contributed by atoms with E-state index < -0.39 is 0 Å². The minimum atomic E-state index is 0.377. The van der Waals surface area contributed by atoms with Gasteiger partial charge in [-0.05, 0) is 47.5 Å². The Morgan fingerprint density at radius 1 is 1.13 bits per heavy atom. The number of tetrazole rings is 1. The Balaban J connectivity index is 1.30. The maximum absolute atomic E-state index is 5.42. The molecule has 1 aliphatic rings. The van der Waals surface area contributed by atoms with Crippen molar-refractivity contribution < 1.29 is 14.0 Å². The summed E-state index contributed by atoms with van der Waals surface area (Å²) in [5, 5.41) is 19.5. The van der Waals surface area contributed by atoms with E-state index in [1.807, 2.05) is 41.1 Å². The average Bonchev–Trinajstić information content (AvgIpc) is 3.34. The molecule has 0 unspecified atom stereocenters. The fraction of sp³-hybridized carbons (Fsp3) is 0.286. The van der Waals surface area contributed by atoms with Crippen LogP contribution in [0, 0.1) is 0 Å². The van der Waals surface area contributed by atoms with Crippen LogP contribution in [0.1, 0.15) is 24.8 Å². The molecule has 0 spiro atoms. The Hall–Kier alpha value is -3.95. The summed E-state index contributed by atoms with van der Waals surface area (Å²) in [4.78, 5) is 4.48. The van der Waals surface area contributed by atoms with Crippen LogP contribution in [0.2, 0.25) is 0 Å². The number of hydrogen-bond acceptors (Lipinski definition) is 9. The number of aromatic nitrogens is 6. The van der Waals surface area contributed by atoms with Gasteiger partial charge in [-0.15, -0.1) is 5.10 Å². The maximum atomic E-state index is 5.42. The average molecular weight is 419 g/mol. The van der Waals surface area contributed by atoms with Crippen molar-refractivity contribution in [1.29, 1.82) is 0 Å². The monoisotopic (exact) mass is 419 g/mol. The standard InChI is InChI=1S/C21H21N7O3/c1-29-16-8-9-17(18(11-16)30-2)20-23-19(31-25-20)12-22-14-5-3-4-13(10-14)21-24-26-27-28(21)15-6-7-15/h3-5,8-11,15,22H,6-7,12H2,1-2H3. The summed E-state index contributed by atoms with van der Waals surface area (Å²) in [5.41, 5.74) is 2.59. The Kier molecular flexibility index (Phi) is 4.95. The minimum absolute atomic E-state index is 0.377. The summed E-state index contributed by atoms with van der Waals surface area (Å²) in [7, 11) is 3.20. The molecule has 10 heteroatoms. The number of hydrogen-bond donors (Lipinski definition) is 1. The highest BCUT2D eigenvalue weighted by molar-refractivity contribution is 5.65. The number of anilines is 1. The molecule has 0 amide bonds. The third kappa shape index (κ3) is 3.91. The van der Waals surface area contributed by atoms with E-state index in [9.17, 15) is 0 Å². The third-order valence-corrected chi connectivity index (χ3v) is 5.07. The number of ether oxygens (including phenoxy) is 2. The van der Waals surface area contributed by atoms with Gasteiger partial charge >= 0.3 is 0 Å². The van der Waals surface area contributed by atoms with Crippen molar-refractivity contribution in [2.75, 3.05) is 19.5 Å². The molecule has 0 atom stereocenters. The summed E-state index contributed by atoms with van der Waals surface area (Å²) in [5.74, 6) is 2.99. The first-order chi connectivity index (χ1) is 15.2. The summed E-state index contributed by atoms with van der Waals surface area (Å²) in [6.07, 6.45) is 2.24. The predicted octanol–water partition coefficient (Wildman–Crippen LogP) is 3.35. The van der Waals surface area contributed by atoms with Crippen LogP contribution in [-0.4, -0.2) is 44.6 Å². The normalized spacial score (nSPS) is 13.2. The van der Waals surface area contributed by atoms with Crippen LogP contribution in [0.15, 0.2) is 47.0 Å². The fourth-order valence-corrected chi connectivity index (χ4v) is 3.31. The topological polar surface area (TPSA) is 113 Å². The summed E-state index contributed by atoms with van der Waals surface area (Å²) in [6, 6.07) is 13.8. The second-order valence-corrected chi connectivity index (χ2v) is 7.19. The molecule has 158 valence electrons. The Bertz CT molecular complexity index is 1200. The van der Waals surface area contributed by atoms with E-state index >= 15 is 0 Å². The lowest BCUT2D eigenvalue weighted by Crippen LogP contribution is -2.02. The SMILES string of the molecule is COc1ccc(-c2noc(CNc3cccc(-c4nnnn4C4CC4)c3)n2)c(OC)c1. The van der Waals surface area contributed by atoms with Gasteiger partial charge in [-0.1, -0.05) is 17.3 Å². The Labute approximate surface area is 178 Å². The molecular formula is C21H21N7O3. The lowest BCUT2D eigenvalue weighted by molar-refractivity contribution is 0.382. The number of methoxy groups -OCH3 is 2. The van der Waals surface area contributed by atoms with Crippen LogP contribution in [0.25, 0.3) is 22.8 Å². The van der Waals surface area contributed by atoms with E-state index in [-0.39, 0.29) is 0 Å². The van der Waals surface area contributed by atoms with Gasteiger partial charge in [0.05, 0.1) is 32.4 Å². The zero-order valence-corrected chi connectivity index (χ0v) is 17.1. The smallest absolute Gasteiger partial charge is 0.246 e. The van der Waals surface area contributed by atoms with Gasteiger partial charge in [0.1, 0.15) is 11.5 Å². The molecule has 31 heavy (non-hydrogen) atoms. The van der Waals surface area contributed by atoms with Crippen LogP contribution in [0.5, 0.6) is 11.5 Å². The number of rotatable bonds is 8. The fourth-order valence-electron chi connectivity index (χ4n) is 3.31. The molecule has 1 aliphatic carbocycles. The predicted molar refractivity (Wildman–Crippen MR) is 112 cm³/mol. The molecule has 0 bridgehead atoms. The molecule has 0 radical (unpaired) electrons. The Morgan fingerprint density at radius 3 is 2.84 bits per heavy atom. The lowest BCUT2D eigenvalue weighted by atomic mass is 10.2. The van der Waals surface area contributed by atoms with Crippen molar-refractivity contribution in [1.82, 2.24) is 30.3 Å². The first-order valence-electron chi connectivity index (χ1n) is 9.92. The van der Waals surface area contributed by atoms with E-state index in [2.05, 4.69) is 31.0 Å². The third-order valence-electron chi connectivity index (χ3n) is 5.07. The van der Waals surface area contributed by atoms with Crippen LogP contribution in [0.4, 0.5) is 5.69 Å². The van der Waals surface area contributed by atoms with E-state index in [1.165, 1.54) is 0 Å². The molecule has 2 aromatic carbocycles. The van der Waals surface area contributed by atoms with Crippen molar-refractivity contribution in [3.05, 3.63) is 48.4 Å². The molecule has 4 aromatic rings. The zero-order chi connectivity index (χ0) is 21.2. The molecule has 5 rings (SSSR count). The van der Waals surface area contributed by atoms with E-state index in [0.717, 1.165) is 35.5 Å². The molecule has 10 nitrogen and oxygen atoms in total. The van der Waals surface area contributed by atoms with Crippen LogP contribution >= 0.6 is 0 Å². The Morgan fingerprint density at radius 2 is 2.03 bits per heavy atom. The van der Waals surface area contributed by atoms with Crippen molar-refractivity contribution in [3.8, 4) is 34.3 Å². The molecule has 2 heterocycles. The summed E-state index contributed by atoms with van der Waals surface area (Å²) in [6.45, 7) is 0.377. The zero-order valence-electron chi connectivity index (χ0n) is 17.1. The minimum Gasteiger partial charge on any atom is -0.497 e. The molecule has 0 aliphatic heterocycles. The first-order valence-corrected chi connectivity index (χ1v) is 9.92. The second kappa shape index (κ2) is 8.05. The van der Waals surface area contributed by atoms with Gasteiger partial charge in [-0.25, -0.2) is 4.68 Å². The van der Waals surface area contributed by atoms with Crippen molar-refractivity contribution in [3.63, 3.8) is 0 Å². The number of benzene rings is 2. The van der Waals surface area contributed by atoms with E-state index in [4.69, 9.17) is 14.0 Å². The van der Waals surface area contributed by atoms with Gasteiger partial charge in [0, 0.05) is 17.3 Å². The van der Waals surface area contributed by atoms with Gasteiger partial charge in [0.2, 0.25) is 11.7 Å². The van der Waals surface area contributed by atoms with Crippen LogP contribution in [0.3, 0.4) is 0 Å². The van der Waals surface area contributed by atoms with Gasteiger partial charge in [-0.3, -0.25) is 0 Å². The van der Waals surface area contributed by atoms with Crippen molar-refractivity contribution >= 4 is 5.69 Å². The van der Waals surface area contributed by atoms with Crippen LogP contribution in [-0.2, 0) is 6.54 Å². The summed E-state index contributed by atoms with van der Waals surface area (Å²) < 4.78 is 18.0. The second-order valence-electron chi connectivity index (χ2n) is 7.19. The lowest BCUT2D eigenvalue weighted by Gasteiger charge is -2.07. The highest BCUT2D eigenvalue weighted by Crippen LogP contribution is 2.37. The largest absolute Gasteiger partial charge is 0.497 e. The molecule has 2 aromatic heterocycles. The molecule has 1 fully saturated rings. The highest BCUT2D eigenvalue weighted by Gasteiger charge is 2.28. The van der Waals surface area contributed by atoms with Gasteiger partial charge in [0.25, 0.3) is 0 Å². The first kappa shape index (κ1) is 19.0. The molecular weight excluding hydrogens is 398 g/mol. The van der Waals surface area contributed by atoms with Gasteiger partial charge in [0.15, 0.2) is 5.82 Å². The van der Waals surface area contributed by atoms with E-state index in [1.54, 1.807) is 20.3 Å². The molecule has 1 N–H and O–H groups in total. The number of nitrogens with one attached hydrogen (secondary N) is 1. The number of nitrogens with zero attached hydrogens (tertiary/aromatic N) is 6. The van der Waals surface area contributed by atoms with Gasteiger partial charge < -0.3 is 19.3 Å². The van der Waals surface area contributed by atoms with Gasteiger partial charge in [-0.2, -0.15) is 4.98 Å². The van der Waals surface area contributed by atoms with Crippen molar-refractivity contribution in [2.45, 2.75) is 25.4 Å². The molecule has 1 saturated carbocycles. The van der Waals surface area contributed by atoms with E-state index in [0.29, 0.717) is 35.8 Å². The van der Waals surface area contributed by atoms with Crippen molar-refractivity contribution in [2.24, 2.45) is 0 Å². The quantitative estimate of drug-likeness (QED) is 0.459. The van der Waals surface area contributed by atoms with Crippen LogP contribution < -0.4 is 14.8 Å².